The summed E-state index contributed by atoms with van der Waals surface area (Å²) >= 11 is 0. The van der Waals surface area contributed by atoms with Gasteiger partial charge in [-0.3, -0.25) is 0 Å². The highest BCUT2D eigenvalue weighted by Gasteiger charge is 2.23. The maximum absolute atomic E-state index is 6.42. The number of nitrogens with two attached hydrogens (primary N) is 1. The first kappa shape index (κ1) is 17.1. The highest BCUT2D eigenvalue weighted by atomic mass is 14.6. The third-order valence-electron chi connectivity index (χ3n) is 6.33. The summed E-state index contributed by atoms with van der Waals surface area (Å²) in [6.45, 7) is 2.10. The maximum atomic E-state index is 6.42. The van der Waals surface area contributed by atoms with Crippen molar-refractivity contribution in [3.63, 3.8) is 0 Å². The number of aryl methyl sites for hydroxylation is 1. The van der Waals surface area contributed by atoms with E-state index in [1.54, 1.807) is 0 Å². The molecule has 2 N–H and O–H groups in total. The summed E-state index contributed by atoms with van der Waals surface area (Å²) in [5, 5.41) is 2.44. The van der Waals surface area contributed by atoms with Crippen LogP contribution >= 0.6 is 0 Å². The van der Waals surface area contributed by atoms with E-state index in [2.05, 4.69) is 104 Å². The quantitative estimate of drug-likeness (QED) is 0.304. The third-order valence-corrected chi connectivity index (χ3v) is 6.33. The molecule has 0 radical (unpaired) electrons. The summed E-state index contributed by atoms with van der Waals surface area (Å²) in [6.07, 6.45) is 0. The molecule has 1 aliphatic rings. The molecule has 5 aromatic rings. The molecule has 0 fully saturated rings. The fraction of sp³-hybridized carbons (Fsp3) is 0.0345. The van der Waals surface area contributed by atoms with Crippen LogP contribution in [0.3, 0.4) is 0 Å². The molecule has 142 valence electrons. The molecular weight excluding hydrogens is 362 g/mol. The molecule has 1 nitrogen and oxygen atoms in total. The molecule has 6 rings (SSSR count). The highest BCUT2D eigenvalue weighted by molar-refractivity contribution is 6.19. The maximum Gasteiger partial charge on any atom is 0.0424 e. The predicted molar refractivity (Wildman–Crippen MR) is 128 cm³/mol. The van der Waals surface area contributed by atoms with E-state index in [4.69, 9.17) is 5.73 Å². The van der Waals surface area contributed by atoms with Gasteiger partial charge in [-0.25, -0.2) is 0 Å². The van der Waals surface area contributed by atoms with Gasteiger partial charge in [-0.05, 0) is 74.5 Å². The largest absolute Gasteiger partial charge is 0.398 e. The minimum absolute atomic E-state index is 0.887. The summed E-state index contributed by atoms with van der Waals surface area (Å²) in [5.41, 5.74) is 18.6. The van der Waals surface area contributed by atoms with Crippen molar-refractivity contribution >= 4 is 16.5 Å². The van der Waals surface area contributed by atoms with Gasteiger partial charge in [0, 0.05) is 11.1 Å². The van der Waals surface area contributed by atoms with Crippen LogP contribution < -0.4 is 5.73 Å². The van der Waals surface area contributed by atoms with E-state index in [1.807, 2.05) is 0 Å². The lowest BCUT2D eigenvalue weighted by Crippen LogP contribution is -1.92. The van der Waals surface area contributed by atoms with Gasteiger partial charge in [0.25, 0.3) is 0 Å². The Morgan fingerprint density at radius 3 is 2.00 bits per heavy atom. The van der Waals surface area contributed by atoms with Gasteiger partial charge in [-0.2, -0.15) is 0 Å². The van der Waals surface area contributed by atoms with Crippen LogP contribution in [-0.2, 0) is 0 Å². The Morgan fingerprint density at radius 2 is 1.20 bits per heavy atom. The molecular formula is C29H21N. The van der Waals surface area contributed by atoms with E-state index in [-0.39, 0.29) is 0 Å². The number of rotatable bonds is 2. The second-order valence-corrected chi connectivity index (χ2v) is 8.05. The van der Waals surface area contributed by atoms with Crippen LogP contribution in [-0.4, -0.2) is 0 Å². The van der Waals surface area contributed by atoms with Gasteiger partial charge >= 0.3 is 0 Å². The van der Waals surface area contributed by atoms with E-state index in [0.29, 0.717) is 0 Å². The Morgan fingerprint density at radius 1 is 0.500 bits per heavy atom. The Balaban J connectivity index is 1.59. The molecule has 1 aliphatic carbocycles. The Bertz CT molecular complexity index is 1440. The van der Waals surface area contributed by atoms with E-state index >= 15 is 0 Å². The zero-order valence-electron chi connectivity index (χ0n) is 16.8. The van der Waals surface area contributed by atoms with Crippen molar-refractivity contribution in [3.8, 4) is 44.5 Å². The summed E-state index contributed by atoms with van der Waals surface area (Å²) < 4.78 is 0. The number of anilines is 1. The fourth-order valence-electron chi connectivity index (χ4n) is 4.86. The summed E-state index contributed by atoms with van der Waals surface area (Å²) in [6, 6.07) is 34.9. The molecule has 0 aliphatic heterocycles. The van der Waals surface area contributed by atoms with Gasteiger partial charge in [-0.15, -0.1) is 0 Å². The third kappa shape index (κ3) is 2.36. The van der Waals surface area contributed by atoms with Crippen LogP contribution in [0.15, 0.2) is 97.1 Å². The summed E-state index contributed by atoms with van der Waals surface area (Å²) in [5.74, 6) is 0. The van der Waals surface area contributed by atoms with Gasteiger partial charge in [0.1, 0.15) is 0 Å². The van der Waals surface area contributed by atoms with Crippen LogP contribution in [0, 0.1) is 6.92 Å². The second-order valence-electron chi connectivity index (χ2n) is 8.05. The van der Waals surface area contributed by atoms with Gasteiger partial charge in [0.05, 0.1) is 0 Å². The minimum Gasteiger partial charge on any atom is -0.398 e. The highest BCUT2D eigenvalue weighted by Crippen LogP contribution is 2.50. The minimum atomic E-state index is 0.887. The number of nitrogen functional groups attached to an aromatic ring is 1. The van der Waals surface area contributed by atoms with Crippen molar-refractivity contribution in [2.45, 2.75) is 6.92 Å². The van der Waals surface area contributed by atoms with E-state index in [1.165, 1.54) is 49.9 Å². The second kappa shape index (κ2) is 6.33. The molecule has 0 saturated carbocycles. The van der Waals surface area contributed by atoms with Crippen LogP contribution in [0.4, 0.5) is 5.69 Å². The van der Waals surface area contributed by atoms with Crippen molar-refractivity contribution in [1.29, 1.82) is 0 Å². The summed E-state index contributed by atoms with van der Waals surface area (Å²) in [4.78, 5) is 0. The van der Waals surface area contributed by atoms with Gasteiger partial charge < -0.3 is 5.73 Å². The van der Waals surface area contributed by atoms with E-state index in [0.717, 1.165) is 16.6 Å². The number of hydrogen-bond donors (Lipinski definition) is 1. The average molecular weight is 383 g/mol. The van der Waals surface area contributed by atoms with Crippen molar-refractivity contribution in [1.82, 2.24) is 0 Å². The van der Waals surface area contributed by atoms with E-state index < -0.39 is 0 Å². The van der Waals surface area contributed by atoms with Gasteiger partial charge in [0.15, 0.2) is 0 Å². The molecule has 0 saturated heterocycles. The van der Waals surface area contributed by atoms with Crippen LogP contribution in [0.1, 0.15) is 5.56 Å². The van der Waals surface area contributed by atoms with Crippen LogP contribution in [0.5, 0.6) is 0 Å². The van der Waals surface area contributed by atoms with Gasteiger partial charge in [0.2, 0.25) is 0 Å². The van der Waals surface area contributed by atoms with Gasteiger partial charge in [-0.1, -0.05) is 84.9 Å². The molecule has 1 heteroatoms. The number of fused-ring (bicyclic) bond motifs is 3. The van der Waals surface area contributed by atoms with Crippen molar-refractivity contribution in [3.05, 3.63) is 103 Å². The Hall–Kier alpha value is -3.84. The first-order valence-corrected chi connectivity index (χ1v) is 10.3. The number of hydrogen-bond acceptors (Lipinski definition) is 1. The fourth-order valence-corrected chi connectivity index (χ4v) is 4.86. The molecule has 0 aromatic heterocycles. The first-order valence-electron chi connectivity index (χ1n) is 10.3. The number of benzene rings is 5. The lowest BCUT2D eigenvalue weighted by Gasteiger charge is -2.12. The standard InChI is InChI=1S/C29H21N/c1-18-16-27-23-15-14-20(17-26(23)24-12-7-13-25(28(24)27)29(18)30)22-11-6-5-10-21(22)19-8-3-2-4-9-19/h2-17H,30H2,1H3. The predicted octanol–water partition coefficient (Wildman–Crippen LogP) is 7.71. The molecule has 0 atom stereocenters. The normalized spacial score (nSPS) is 11.6. The molecule has 0 unspecified atom stereocenters. The van der Waals surface area contributed by atoms with E-state index in [9.17, 15) is 0 Å². The SMILES string of the molecule is Cc1cc2c3c(cccc3c1N)-c1cc(-c3ccccc3-c3ccccc3)ccc1-2. The molecule has 0 amide bonds. The zero-order valence-corrected chi connectivity index (χ0v) is 16.8. The first-order chi connectivity index (χ1) is 14.7. The molecule has 0 spiro atoms. The molecule has 0 bridgehead atoms. The Kier molecular flexibility index (Phi) is 3.60. The lowest BCUT2D eigenvalue weighted by molar-refractivity contribution is 1.50. The van der Waals surface area contributed by atoms with Crippen LogP contribution in [0.2, 0.25) is 0 Å². The van der Waals surface area contributed by atoms with Crippen LogP contribution in [0.25, 0.3) is 55.3 Å². The Labute approximate surface area is 176 Å². The topological polar surface area (TPSA) is 26.0 Å². The summed E-state index contributed by atoms with van der Waals surface area (Å²) in [7, 11) is 0. The monoisotopic (exact) mass is 383 g/mol. The molecule has 5 aromatic carbocycles. The van der Waals surface area contributed by atoms with Crippen molar-refractivity contribution in [2.75, 3.05) is 5.73 Å². The van der Waals surface area contributed by atoms with Crippen molar-refractivity contribution < 1.29 is 0 Å². The smallest absolute Gasteiger partial charge is 0.0424 e. The molecule has 0 heterocycles. The zero-order chi connectivity index (χ0) is 20.2. The average Bonchev–Trinajstić information content (AvgIpc) is 3.12. The lowest BCUT2D eigenvalue weighted by atomic mass is 9.92. The van der Waals surface area contributed by atoms with Crippen molar-refractivity contribution in [2.24, 2.45) is 0 Å². The molecule has 30 heavy (non-hydrogen) atoms.